The summed E-state index contributed by atoms with van der Waals surface area (Å²) in [5.74, 6) is -0.338. The van der Waals surface area contributed by atoms with Crippen molar-refractivity contribution in [3.8, 4) is 0 Å². The van der Waals surface area contributed by atoms with Crippen LogP contribution in [0.3, 0.4) is 0 Å². The Morgan fingerprint density at radius 3 is 2.37 bits per heavy atom. The van der Waals surface area contributed by atoms with E-state index >= 15 is 0 Å². The molecule has 4 heteroatoms. The Morgan fingerprint density at radius 1 is 0.867 bits per heavy atom. The number of Topliss-reactive ketones (excluding diaryl/α,β-unsaturated/α-hetero) is 2. The Hall–Kier alpha value is -3.79. The summed E-state index contributed by atoms with van der Waals surface area (Å²) >= 11 is 0. The van der Waals surface area contributed by atoms with Crippen LogP contribution in [0.1, 0.15) is 38.3 Å². The minimum Gasteiger partial charge on any atom is -0.366 e. The molecular formula is C26H18N2O2. The second kappa shape index (κ2) is 6.36. The molecule has 0 N–H and O–H groups in total. The molecule has 0 unspecified atom stereocenters. The molecule has 1 aromatic heterocycles. The molecule has 3 aromatic rings. The van der Waals surface area contributed by atoms with Gasteiger partial charge in [-0.15, -0.1) is 0 Å². The van der Waals surface area contributed by atoms with Gasteiger partial charge in [0.05, 0.1) is 11.1 Å². The molecule has 0 radical (unpaired) electrons. The standard InChI is InChI=1S/C26H18N2O2/c29-25-21-5-1-2-6-22(21)26(30)23(25)11-16-7-8-20(10-16)28-14-18-12-17-4-3-9-27-24(17)13-19(18)15-28/h1-9,11-13H,10,14-15H2. The molecule has 0 spiro atoms. The minimum absolute atomic E-state index is 0.169. The molecule has 0 saturated heterocycles. The van der Waals surface area contributed by atoms with Gasteiger partial charge >= 0.3 is 0 Å². The van der Waals surface area contributed by atoms with E-state index in [0.717, 1.165) is 30.6 Å². The maximum Gasteiger partial charge on any atom is 0.197 e. The van der Waals surface area contributed by atoms with Gasteiger partial charge in [-0.1, -0.05) is 36.4 Å². The highest BCUT2D eigenvalue weighted by molar-refractivity contribution is 6.39. The van der Waals surface area contributed by atoms with E-state index in [1.54, 1.807) is 30.3 Å². The van der Waals surface area contributed by atoms with Crippen molar-refractivity contribution >= 4 is 22.5 Å². The number of ketones is 2. The number of fused-ring (bicyclic) bond motifs is 3. The summed E-state index contributed by atoms with van der Waals surface area (Å²) in [6.45, 7) is 1.72. The van der Waals surface area contributed by atoms with Gasteiger partial charge in [0.25, 0.3) is 0 Å². The third kappa shape index (κ3) is 2.57. The molecule has 3 aliphatic rings. The summed E-state index contributed by atoms with van der Waals surface area (Å²) in [5.41, 5.74) is 7.18. The molecule has 0 saturated carbocycles. The van der Waals surface area contributed by atoms with Gasteiger partial charge in [0.15, 0.2) is 11.6 Å². The molecule has 2 aliphatic carbocycles. The molecule has 2 aromatic carbocycles. The number of nitrogens with zero attached hydrogens (tertiary/aromatic N) is 2. The van der Waals surface area contributed by atoms with Crippen LogP contribution in [0.2, 0.25) is 0 Å². The molecule has 6 rings (SSSR count). The minimum atomic E-state index is -0.169. The number of carbonyl (C=O) groups excluding carboxylic acids is 2. The smallest absolute Gasteiger partial charge is 0.197 e. The van der Waals surface area contributed by atoms with Crippen LogP contribution < -0.4 is 0 Å². The molecule has 0 fully saturated rings. The number of hydrogen-bond donors (Lipinski definition) is 0. The third-order valence-electron chi connectivity index (χ3n) is 6.16. The zero-order valence-electron chi connectivity index (χ0n) is 16.3. The third-order valence-corrected chi connectivity index (χ3v) is 6.16. The van der Waals surface area contributed by atoms with Crippen molar-refractivity contribution < 1.29 is 9.59 Å². The van der Waals surface area contributed by atoms with E-state index < -0.39 is 0 Å². The van der Waals surface area contributed by atoms with Crippen LogP contribution in [-0.4, -0.2) is 21.5 Å². The van der Waals surface area contributed by atoms with E-state index in [2.05, 4.69) is 34.2 Å². The fourth-order valence-electron chi connectivity index (χ4n) is 4.61. The topological polar surface area (TPSA) is 50.3 Å². The number of hydrogen-bond acceptors (Lipinski definition) is 4. The van der Waals surface area contributed by atoms with Crippen molar-refractivity contribution in [2.24, 2.45) is 0 Å². The Balaban J connectivity index is 1.21. The zero-order valence-corrected chi connectivity index (χ0v) is 16.3. The van der Waals surface area contributed by atoms with E-state index in [0.29, 0.717) is 11.1 Å². The van der Waals surface area contributed by atoms with Crippen LogP contribution in [0.5, 0.6) is 0 Å². The molecule has 0 amide bonds. The van der Waals surface area contributed by atoms with Crippen molar-refractivity contribution in [2.45, 2.75) is 19.5 Å². The number of benzene rings is 2. The summed E-state index contributed by atoms with van der Waals surface area (Å²) in [7, 11) is 0. The van der Waals surface area contributed by atoms with Crippen molar-refractivity contribution in [2.75, 3.05) is 0 Å². The number of rotatable bonds is 2. The predicted octanol–water partition coefficient (Wildman–Crippen LogP) is 4.77. The van der Waals surface area contributed by atoms with E-state index in [9.17, 15) is 9.59 Å². The first-order valence-corrected chi connectivity index (χ1v) is 10.1. The van der Waals surface area contributed by atoms with Crippen LogP contribution in [-0.2, 0) is 13.1 Å². The fourth-order valence-corrected chi connectivity index (χ4v) is 4.61. The monoisotopic (exact) mass is 390 g/mol. The molecular weight excluding hydrogens is 372 g/mol. The Bertz CT molecular complexity index is 1280. The first-order chi connectivity index (χ1) is 14.7. The SMILES string of the molecule is O=C1C(=CC2=CC=C(N3Cc4cc5cccnc5cc4C3)C2)C(=O)c2ccccc21. The highest BCUT2D eigenvalue weighted by Crippen LogP contribution is 2.35. The van der Waals surface area contributed by atoms with Crippen molar-refractivity contribution in [1.82, 2.24) is 9.88 Å². The molecule has 2 heterocycles. The predicted molar refractivity (Wildman–Crippen MR) is 115 cm³/mol. The number of pyridine rings is 1. The van der Waals surface area contributed by atoms with Gasteiger partial charge in [-0.25, -0.2) is 0 Å². The first kappa shape index (κ1) is 17.1. The van der Waals surface area contributed by atoms with Crippen molar-refractivity contribution in [3.63, 3.8) is 0 Å². The summed E-state index contributed by atoms with van der Waals surface area (Å²) in [6, 6.07) is 15.5. The number of carbonyl (C=O) groups is 2. The van der Waals surface area contributed by atoms with Crippen LogP contribution in [0.15, 0.2) is 89.8 Å². The normalized spacial score (nSPS) is 17.3. The van der Waals surface area contributed by atoms with Gasteiger partial charge in [0, 0.05) is 47.9 Å². The maximum absolute atomic E-state index is 12.6. The average molecular weight is 390 g/mol. The quantitative estimate of drug-likeness (QED) is 0.467. The van der Waals surface area contributed by atoms with Crippen molar-refractivity contribution in [1.29, 1.82) is 0 Å². The van der Waals surface area contributed by atoms with E-state index in [4.69, 9.17) is 0 Å². The summed E-state index contributed by atoms with van der Waals surface area (Å²) in [6.07, 6.45) is 8.45. The van der Waals surface area contributed by atoms with Gasteiger partial charge in [0.2, 0.25) is 0 Å². The lowest BCUT2D eigenvalue weighted by molar-refractivity contribution is 0.0988. The zero-order chi connectivity index (χ0) is 20.2. The molecule has 1 aliphatic heterocycles. The Labute approximate surface area is 173 Å². The largest absolute Gasteiger partial charge is 0.366 e. The lowest BCUT2D eigenvalue weighted by Crippen LogP contribution is -2.14. The molecule has 30 heavy (non-hydrogen) atoms. The molecule has 0 atom stereocenters. The lowest BCUT2D eigenvalue weighted by Gasteiger charge is -2.19. The highest BCUT2D eigenvalue weighted by atomic mass is 16.2. The van der Waals surface area contributed by atoms with Crippen LogP contribution in [0.4, 0.5) is 0 Å². The van der Waals surface area contributed by atoms with Crippen LogP contribution >= 0.6 is 0 Å². The van der Waals surface area contributed by atoms with Gasteiger partial charge in [-0.05, 0) is 47.1 Å². The molecule has 0 bridgehead atoms. The summed E-state index contributed by atoms with van der Waals surface area (Å²) in [4.78, 5) is 32.1. The number of aromatic nitrogens is 1. The number of allylic oxidation sites excluding steroid dienone is 5. The van der Waals surface area contributed by atoms with E-state index in [-0.39, 0.29) is 17.1 Å². The summed E-state index contributed by atoms with van der Waals surface area (Å²) < 4.78 is 0. The van der Waals surface area contributed by atoms with Crippen LogP contribution in [0.25, 0.3) is 10.9 Å². The Kier molecular flexibility index (Phi) is 3.62. The fraction of sp³-hybridized carbons (Fsp3) is 0.115. The summed E-state index contributed by atoms with van der Waals surface area (Å²) in [5, 5.41) is 1.17. The average Bonchev–Trinajstić information content (AvgIpc) is 3.46. The van der Waals surface area contributed by atoms with Gasteiger partial charge in [-0.2, -0.15) is 0 Å². The highest BCUT2D eigenvalue weighted by Gasteiger charge is 2.33. The van der Waals surface area contributed by atoms with Gasteiger partial charge in [-0.3, -0.25) is 14.6 Å². The molecule has 144 valence electrons. The van der Waals surface area contributed by atoms with E-state index in [1.807, 2.05) is 18.3 Å². The second-order valence-corrected chi connectivity index (χ2v) is 8.01. The lowest BCUT2D eigenvalue weighted by atomic mass is 10.1. The second-order valence-electron chi connectivity index (χ2n) is 8.01. The van der Waals surface area contributed by atoms with Crippen LogP contribution in [0, 0.1) is 0 Å². The Morgan fingerprint density at radius 2 is 1.60 bits per heavy atom. The maximum atomic E-state index is 12.6. The first-order valence-electron chi connectivity index (χ1n) is 10.1. The van der Waals surface area contributed by atoms with Crippen molar-refractivity contribution in [3.05, 3.63) is 112 Å². The van der Waals surface area contributed by atoms with Gasteiger partial charge < -0.3 is 4.90 Å². The van der Waals surface area contributed by atoms with E-state index in [1.165, 1.54) is 22.2 Å². The van der Waals surface area contributed by atoms with Gasteiger partial charge in [0.1, 0.15) is 0 Å². The molecule has 4 nitrogen and oxygen atoms in total.